The van der Waals surface area contributed by atoms with Crippen molar-refractivity contribution in [3.8, 4) is 0 Å². The molecule has 98 valence electrons. The second-order valence-electron chi connectivity index (χ2n) is 4.10. The number of aliphatic hydroxyl groups excluding tert-OH is 1. The number of rotatable bonds is 4. The van der Waals surface area contributed by atoms with E-state index in [9.17, 15) is 4.79 Å². The molecule has 0 unspecified atom stereocenters. The Hall–Kier alpha value is -1.63. The van der Waals surface area contributed by atoms with Crippen LogP contribution in [0.2, 0.25) is 0 Å². The summed E-state index contributed by atoms with van der Waals surface area (Å²) in [6.07, 6.45) is -2.67. The lowest BCUT2D eigenvalue weighted by molar-refractivity contribution is -0.144. The quantitative estimate of drug-likeness (QED) is 0.667. The molecule has 1 fully saturated rings. The maximum Gasteiger partial charge on any atom is 0.424 e. The van der Waals surface area contributed by atoms with Crippen molar-refractivity contribution in [3.63, 3.8) is 0 Å². The minimum absolute atomic E-state index is 0.380. The maximum absolute atomic E-state index is 11.5. The second kappa shape index (κ2) is 5.81. The van der Waals surface area contributed by atoms with Crippen molar-refractivity contribution >= 4 is 6.09 Å². The highest BCUT2D eigenvalue weighted by molar-refractivity contribution is 5.67. The fourth-order valence-corrected chi connectivity index (χ4v) is 1.74. The van der Waals surface area contributed by atoms with Gasteiger partial charge >= 0.3 is 6.09 Å². The summed E-state index contributed by atoms with van der Waals surface area (Å²) >= 11 is 0. The number of amides is 1. The summed E-state index contributed by atoms with van der Waals surface area (Å²) in [6.45, 7) is 0.899. The summed E-state index contributed by atoms with van der Waals surface area (Å²) in [7, 11) is 0. The number of ether oxygens (including phenoxy) is 1. The fourth-order valence-electron chi connectivity index (χ4n) is 1.74. The molecule has 2 rings (SSSR count). The van der Waals surface area contributed by atoms with Gasteiger partial charge < -0.3 is 14.9 Å². The van der Waals surface area contributed by atoms with Crippen molar-refractivity contribution in [2.24, 2.45) is 0 Å². The molecule has 1 saturated heterocycles. The van der Waals surface area contributed by atoms with Crippen LogP contribution in [-0.2, 0) is 11.3 Å². The highest BCUT2D eigenvalue weighted by Crippen LogP contribution is 2.12. The van der Waals surface area contributed by atoms with Crippen LogP contribution in [0, 0.1) is 0 Å². The Morgan fingerprint density at radius 1 is 1.39 bits per heavy atom. The Kier molecular flexibility index (Phi) is 4.14. The molecular weight excluding hydrogens is 236 g/mol. The number of hydrazine groups is 1. The molecule has 6 nitrogen and oxygen atoms in total. The van der Waals surface area contributed by atoms with E-state index in [1.165, 1.54) is 5.01 Å². The first-order valence-corrected chi connectivity index (χ1v) is 5.78. The SMILES string of the molecule is O=C1O[C@H](C(O)O)CCN1NCc1ccccc1. The van der Waals surface area contributed by atoms with Gasteiger partial charge in [0.1, 0.15) is 0 Å². The predicted octanol–water partition coefficient (Wildman–Crippen LogP) is 0.213. The van der Waals surface area contributed by atoms with Gasteiger partial charge in [-0.15, -0.1) is 0 Å². The van der Waals surface area contributed by atoms with Crippen molar-refractivity contribution in [1.29, 1.82) is 0 Å². The minimum atomic E-state index is -1.62. The standard InChI is InChI=1S/C12H16N2O4/c15-11(16)10-6-7-14(12(17)18-10)13-8-9-4-2-1-3-5-9/h1-5,10-11,13,15-16H,6-8H2/t10-/m0/s1. The number of cyclic esters (lactones) is 1. The van der Waals surface area contributed by atoms with Crippen molar-refractivity contribution in [1.82, 2.24) is 10.4 Å². The first kappa shape index (κ1) is 12.8. The first-order chi connectivity index (χ1) is 8.66. The van der Waals surface area contributed by atoms with Gasteiger partial charge in [0.05, 0.1) is 0 Å². The molecule has 1 aliphatic rings. The van der Waals surface area contributed by atoms with E-state index < -0.39 is 18.5 Å². The summed E-state index contributed by atoms with van der Waals surface area (Å²) < 4.78 is 4.87. The van der Waals surface area contributed by atoms with Crippen molar-refractivity contribution in [2.75, 3.05) is 6.54 Å². The third-order valence-electron chi connectivity index (χ3n) is 2.76. The van der Waals surface area contributed by atoms with Crippen LogP contribution in [-0.4, -0.2) is 40.3 Å². The molecule has 18 heavy (non-hydrogen) atoms. The molecule has 6 heteroatoms. The van der Waals surface area contributed by atoms with Crippen LogP contribution in [0.3, 0.4) is 0 Å². The van der Waals surface area contributed by atoms with Gasteiger partial charge in [-0.1, -0.05) is 30.3 Å². The van der Waals surface area contributed by atoms with E-state index in [0.717, 1.165) is 5.56 Å². The van der Waals surface area contributed by atoms with E-state index in [1.807, 2.05) is 30.3 Å². The zero-order valence-electron chi connectivity index (χ0n) is 9.82. The van der Waals surface area contributed by atoms with Gasteiger partial charge in [-0.3, -0.25) is 0 Å². The zero-order chi connectivity index (χ0) is 13.0. The molecule has 0 saturated carbocycles. The van der Waals surface area contributed by atoms with E-state index in [4.69, 9.17) is 14.9 Å². The minimum Gasteiger partial charge on any atom is -0.440 e. The third kappa shape index (κ3) is 3.19. The molecule has 1 aromatic rings. The summed E-state index contributed by atoms with van der Waals surface area (Å²) in [5.41, 5.74) is 3.99. The summed E-state index contributed by atoms with van der Waals surface area (Å²) in [5.74, 6) is 0. The van der Waals surface area contributed by atoms with E-state index >= 15 is 0 Å². The summed E-state index contributed by atoms with van der Waals surface area (Å²) in [5, 5.41) is 19.2. The topological polar surface area (TPSA) is 82.0 Å². The number of aliphatic hydroxyl groups is 2. The molecular formula is C12H16N2O4. The lowest BCUT2D eigenvalue weighted by atomic mass is 10.2. The third-order valence-corrected chi connectivity index (χ3v) is 2.76. The monoisotopic (exact) mass is 252 g/mol. The van der Waals surface area contributed by atoms with E-state index in [2.05, 4.69) is 5.43 Å². The van der Waals surface area contributed by atoms with Gasteiger partial charge in [-0.05, 0) is 5.56 Å². The number of nitrogens with zero attached hydrogens (tertiary/aromatic N) is 1. The predicted molar refractivity (Wildman–Crippen MR) is 63.1 cm³/mol. The molecule has 0 bridgehead atoms. The second-order valence-corrected chi connectivity index (χ2v) is 4.10. The fraction of sp³-hybridized carbons (Fsp3) is 0.417. The number of hydrogen-bond donors (Lipinski definition) is 3. The average Bonchev–Trinajstić information content (AvgIpc) is 2.38. The summed E-state index contributed by atoms with van der Waals surface area (Å²) in [4.78, 5) is 11.5. The highest BCUT2D eigenvalue weighted by Gasteiger charge is 2.30. The Morgan fingerprint density at radius 2 is 2.11 bits per heavy atom. The maximum atomic E-state index is 11.5. The van der Waals surface area contributed by atoms with Gasteiger partial charge in [-0.2, -0.15) is 0 Å². The van der Waals surface area contributed by atoms with Crippen LogP contribution in [0.25, 0.3) is 0 Å². The van der Waals surface area contributed by atoms with E-state index in [1.54, 1.807) is 0 Å². The van der Waals surface area contributed by atoms with Gasteiger partial charge in [0.15, 0.2) is 12.4 Å². The molecule has 1 aromatic carbocycles. The zero-order valence-corrected chi connectivity index (χ0v) is 9.82. The van der Waals surface area contributed by atoms with Gasteiger partial charge in [0, 0.05) is 19.5 Å². The van der Waals surface area contributed by atoms with Crippen LogP contribution in [0.4, 0.5) is 4.79 Å². The van der Waals surface area contributed by atoms with Gasteiger partial charge in [-0.25, -0.2) is 15.2 Å². The summed E-state index contributed by atoms with van der Waals surface area (Å²) in [6, 6.07) is 9.66. The number of hydrogen-bond acceptors (Lipinski definition) is 5. The molecule has 1 aliphatic heterocycles. The molecule has 0 aliphatic carbocycles. The Bertz CT molecular complexity index is 396. The van der Waals surface area contributed by atoms with Crippen molar-refractivity contribution in [3.05, 3.63) is 35.9 Å². The molecule has 3 N–H and O–H groups in total. The van der Waals surface area contributed by atoms with Gasteiger partial charge in [0.2, 0.25) is 0 Å². The molecule has 1 atom stereocenters. The van der Waals surface area contributed by atoms with Crippen molar-refractivity contribution < 1.29 is 19.7 Å². The molecule has 0 radical (unpaired) electrons. The molecule has 1 heterocycles. The normalized spacial score (nSPS) is 20.1. The molecule has 0 spiro atoms. The number of nitrogens with one attached hydrogen (secondary N) is 1. The number of carbonyl (C=O) groups is 1. The van der Waals surface area contributed by atoms with Crippen LogP contribution in [0.15, 0.2) is 30.3 Å². The van der Waals surface area contributed by atoms with Crippen LogP contribution >= 0.6 is 0 Å². The number of benzene rings is 1. The molecule has 0 aromatic heterocycles. The molecule has 1 amide bonds. The lowest BCUT2D eigenvalue weighted by Gasteiger charge is -2.32. The smallest absolute Gasteiger partial charge is 0.424 e. The van der Waals surface area contributed by atoms with Crippen molar-refractivity contribution in [2.45, 2.75) is 25.4 Å². The first-order valence-electron chi connectivity index (χ1n) is 5.78. The highest BCUT2D eigenvalue weighted by atomic mass is 16.6. The average molecular weight is 252 g/mol. The van der Waals surface area contributed by atoms with E-state index in [0.29, 0.717) is 19.5 Å². The van der Waals surface area contributed by atoms with Crippen LogP contribution < -0.4 is 5.43 Å². The Morgan fingerprint density at radius 3 is 2.72 bits per heavy atom. The van der Waals surface area contributed by atoms with Crippen LogP contribution in [0.1, 0.15) is 12.0 Å². The van der Waals surface area contributed by atoms with Gasteiger partial charge in [0.25, 0.3) is 0 Å². The Labute approximate surface area is 105 Å². The van der Waals surface area contributed by atoms with Crippen LogP contribution in [0.5, 0.6) is 0 Å². The van der Waals surface area contributed by atoms with E-state index in [-0.39, 0.29) is 0 Å². The number of carbonyl (C=O) groups excluding carboxylic acids is 1. The lowest BCUT2D eigenvalue weighted by Crippen LogP contribution is -2.51. The largest absolute Gasteiger partial charge is 0.440 e. The Balaban J connectivity index is 1.83.